The number of phenols is 1. The molecule has 64 heavy (non-hydrogen) atoms. The number of likely N-dealkylation sites (N-methyl/N-ethyl adjacent to an activating group) is 1. The number of carbonyl (C=O) groups excluding carboxylic acids is 4. The summed E-state index contributed by atoms with van der Waals surface area (Å²) in [7, 11) is 3.26. The molecule has 6 bridgehead atoms. The molecule has 0 aliphatic carbocycles. The zero-order chi connectivity index (χ0) is 45.7. The monoisotopic (exact) mass is 878 g/mol. The average Bonchev–Trinajstić information content (AvgIpc) is 3.90. The van der Waals surface area contributed by atoms with E-state index in [4.69, 9.17) is 14.2 Å². The van der Waals surface area contributed by atoms with Crippen molar-refractivity contribution in [3.63, 3.8) is 0 Å². The number of nitrogens with one attached hydrogen (secondary N) is 3. The number of carbonyl (C=O) groups is 4. The number of fused-ring (bicyclic) bond motifs is 6. The molecule has 342 valence electrons. The third-order valence-corrected chi connectivity index (χ3v) is 12.2. The molecule has 2 aromatic heterocycles. The third kappa shape index (κ3) is 10.2. The Morgan fingerprint density at radius 1 is 1.11 bits per heavy atom. The van der Waals surface area contributed by atoms with E-state index >= 15 is 0 Å². The molecular formula is C48H62N8O8. The van der Waals surface area contributed by atoms with Crippen LogP contribution in [0.25, 0.3) is 33.3 Å². The Balaban J connectivity index is 1.28. The van der Waals surface area contributed by atoms with Gasteiger partial charge in [-0.25, -0.2) is 10.4 Å². The van der Waals surface area contributed by atoms with Crippen molar-refractivity contribution in [2.24, 2.45) is 16.3 Å². The van der Waals surface area contributed by atoms with E-state index in [0.717, 1.165) is 44.4 Å². The minimum absolute atomic E-state index is 0.000798. The molecule has 2 aromatic carbocycles. The molecule has 1 fully saturated rings. The molecule has 0 radical (unpaired) electrons. The van der Waals surface area contributed by atoms with Crippen LogP contribution in [0.3, 0.4) is 0 Å². The summed E-state index contributed by atoms with van der Waals surface area (Å²) < 4.78 is 19.4. The van der Waals surface area contributed by atoms with Crippen LogP contribution in [0, 0.1) is 11.3 Å². The van der Waals surface area contributed by atoms with Crippen LogP contribution < -0.4 is 16.1 Å². The van der Waals surface area contributed by atoms with Gasteiger partial charge < -0.3 is 39.4 Å². The van der Waals surface area contributed by atoms with E-state index in [2.05, 4.69) is 63.5 Å². The molecule has 3 amide bonds. The number of aromatic hydroxyl groups is 1. The number of phenolic OH excluding ortho intramolecular Hbond substituents is 1. The first-order valence-electron chi connectivity index (χ1n) is 22.3. The topological polar surface area (TPSA) is 189 Å². The van der Waals surface area contributed by atoms with Gasteiger partial charge in [-0.15, -0.1) is 0 Å². The standard InChI is InChI=1S/C48H62N8O8/c1-8-55-40-12-11-31-24-35(40)36(43(55)37-26-49-15-13-32(37)27-62-7)25-48(4,5)28-64-46(61)38-10-9-18-56(53-38)45(60)39(22-30-20-33(31)23-34(57)21-30)52-44(59)42(29(2)3)54(6)41(58)14-16-50-47-51-17-19-63-47/h11-13,15,20-21,23-24,26,29,38-39,42,53,57H,8-10,14,16-19,22,25,27-28H2,1-7H3,(H,50,51)(H,52,59)/t38-,39-,42?/m0/s1. The van der Waals surface area contributed by atoms with Crippen LogP contribution in [-0.2, 0) is 59.4 Å². The van der Waals surface area contributed by atoms with Crippen molar-refractivity contribution in [3.05, 3.63) is 71.5 Å². The first kappa shape index (κ1) is 46.0. The van der Waals surface area contributed by atoms with Crippen molar-refractivity contribution in [3.8, 4) is 28.1 Å². The number of nitrogens with zero attached hydrogens (tertiary/aromatic N) is 5. The highest BCUT2D eigenvalue weighted by atomic mass is 16.5. The van der Waals surface area contributed by atoms with Gasteiger partial charge in [0, 0.05) is 80.9 Å². The number of ether oxygens (including phenoxy) is 3. The van der Waals surface area contributed by atoms with E-state index in [1.54, 1.807) is 32.5 Å². The molecule has 3 atom stereocenters. The maximum absolute atomic E-state index is 14.6. The molecule has 3 aliphatic heterocycles. The third-order valence-electron chi connectivity index (χ3n) is 12.2. The molecule has 3 aliphatic rings. The molecule has 4 N–H and O–H groups in total. The number of cyclic esters (lactones) is 1. The lowest BCUT2D eigenvalue weighted by Crippen LogP contribution is -2.62. The maximum Gasteiger partial charge on any atom is 0.324 e. The number of aryl methyl sites for hydroxylation is 1. The van der Waals surface area contributed by atoms with Crippen LogP contribution in [0.5, 0.6) is 5.75 Å². The van der Waals surface area contributed by atoms with Crippen LogP contribution in [0.2, 0.25) is 0 Å². The van der Waals surface area contributed by atoms with E-state index in [1.165, 1.54) is 9.91 Å². The second kappa shape index (κ2) is 19.8. The van der Waals surface area contributed by atoms with Crippen molar-refractivity contribution in [1.82, 2.24) is 35.5 Å². The lowest BCUT2D eigenvalue weighted by molar-refractivity contribution is -0.155. The van der Waals surface area contributed by atoms with E-state index < -0.39 is 41.3 Å². The summed E-state index contributed by atoms with van der Waals surface area (Å²) in [5.41, 5.74) is 9.80. The van der Waals surface area contributed by atoms with E-state index in [1.807, 2.05) is 38.2 Å². The number of pyridine rings is 1. The molecule has 0 saturated carbocycles. The fraction of sp³-hybridized carbons (Fsp3) is 0.500. The minimum Gasteiger partial charge on any atom is -0.508 e. The van der Waals surface area contributed by atoms with Crippen LogP contribution in [0.1, 0.15) is 70.6 Å². The number of methoxy groups -OCH3 is 1. The predicted molar refractivity (Wildman–Crippen MR) is 243 cm³/mol. The Hall–Kier alpha value is -6.00. The van der Waals surface area contributed by atoms with E-state index in [9.17, 15) is 24.3 Å². The summed E-state index contributed by atoms with van der Waals surface area (Å²) in [5.74, 6) is -2.02. The average molecular weight is 879 g/mol. The predicted octanol–water partition coefficient (Wildman–Crippen LogP) is 4.74. The molecule has 5 heterocycles. The van der Waals surface area contributed by atoms with E-state index in [-0.39, 0.29) is 43.6 Å². The van der Waals surface area contributed by atoms with Gasteiger partial charge in [-0.2, -0.15) is 0 Å². The molecular weight excluding hydrogens is 817 g/mol. The molecule has 1 unspecified atom stereocenters. The molecule has 7 rings (SSSR count). The number of hydrazine groups is 1. The number of esters is 1. The fourth-order valence-electron chi connectivity index (χ4n) is 9.16. The van der Waals surface area contributed by atoms with Gasteiger partial charge in [0.15, 0.2) is 0 Å². The Kier molecular flexibility index (Phi) is 14.2. The van der Waals surface area contributed by atoms with Gasteiger partial charge in [0.1, 0.15) is 30.5 Å². The highest BCUT2D eigenvalue weighted by Crippen LogP contribution is 2.41. The number of hydrogen-bond donors (Lipinski definition) is 4. The number of rotatable bonds is 11. The second-order valence-corrected chi connectivity index (χ2v) is 18.1. The van der Waals surface area contributed by atoms with Gasteiger partial charge in [0.25, 0.3) is 11.9 Å². The largest absolute Gasteiger partial charge is 0.508 e. The quantitative estimate of drug-likeness (QED) is 0.153. The van der Waals surface area contributed by atoms with Crippen molar-refractivity contribution in [1.29, 1.82) is 0 Å². The Morgan fingerprint density at radius 2 is 1.92 bits per heavy atom. The van der Waals surface area contributed by atoms with Gasteiger partial charge in [-0.3, -0.25) is 29.2 Å². The highest BCUT2D eigenvalue weighted by Gasteiger charge is 2.38. The van der Waals surface area contributed by atoms with Gasteiger partial charge >= 0.3 is 5.97 Å². The summed E-state index contributed by atoms with van der Waals surface area (Å²) in [6.07, 6.45) is 5.27. The number of amidine groups is 1. The summed E-state index contributed by atoms with van der Waals surface area (Å²) in [6.45, 7) is 12.8. The van der Waals surface area contributed by atoms with Crippen molar-refractivity contribution in [2.45, 2.75) is 98.0 Å². The second-order valence-electron chi connectivity index (χ2n) is 18.1. The zero-order valence-electron chi connectivity index (χ0n) is 38.0. The van der Waals surface area contributed by atoms with Crippen LogP contribution >= 0.6 is 0 Å². The number of aromatic nitrogens is 2. The summed E-state index contributed by atoms with van der Waals surface area (Å²) in [5, 5.41) is 19.7. The minimum atomic E-state index is -1.14. The van der Waals surface area contributed by atoms with Gasteiger partial charge in [-0.1, -0.05) is 39.8 Å². The summed E-state index contributed by atoms with van der Waals surface area (Å²) in [4.78, 5) is 66.5. The Morgan fingerprint density at radius 3 is 2.66 bits per heavy atom. The maximum atomic E-state index is 14.6. The fourth-order valence-corrected chi connectivity index (χ4v) is 9.16. The van der Waals surface area contributed by atoms with Gasteiger partial charge in [0.2, 0.25) is 11.8 Å². The molecule has 4 aromatic rings. The van der Waals surface area contributed by atoms with E-state index in [0.29, 0.717) is 63.7 Å². The van der Waals surface area contributed by atoms with Crippen molar-refractivity contribution >= 4 is 40.6 Å². The first-order valence-corrected chi connectivity index (χ1v) is 22.3. The van der Waals surface area contributed by atoms with Crippen molar-refractivity contribution < 1.29 is 38.5 Å². The lowest BCUT2D eigenvalue weighted by atomic mass is 9.84. The SMILES string of the molecule is CCn1c(-c2cnccc2COC)c2c3cc(ccc31)-c1cc(O)cc(c1)C[C@H](NC(=O)C(C(C)C)N(C)C(=O)CCNC1=NCCO1)C(=O)N1CCC[C@H](N1)C(=O)OCC(C)(C)C2. The van der Waals surface area contributed by atoms with Crippen molar-refractivity contribution in [2.75, 3.05) is 47.0 Å². The number of aliphatic imine (C=N–C) groups is 1. The summed E-state index contributed by atoms with van der Waals surface area (Å²) in [6, 6.07) is 11.0. The smallest absolute Gasteiger partial charge is 0.324 e. The molecule has 16 nitrogen and oxygen atoms in total. The summed E-state index contributed by atoms with van der Waals surface area (Å²) >= 11 is 0. The van der Waals surface area contributed by atoms with Crippen LogP contribution in [-0.4, -0.2) is 119 Å². The molecule has 0 spiro atoms. The normalized spacial score (nSPS) is 19.4. The Bertz CT molecular complexity index is 2410. The first-order chi connectivity index (χ1) is 30.7. The van der Waals surface area contributed by atoms with Crippen LogP contribution in [0.4, 0.5) is 0 Å². The number of benzene rings is 2. The molecule has 1 saturated heterocycles. The van der Waals surface area contributed by atoms with Crippen LogP contribution in [0.15, 0.2) is 59.9 Å². The highest BCUT2D eigenvalue weighted by molar-refractivity contribution is 5.96. The number of amides is 3. The number of hydrogen-bond acceptors (Lipinski definition) is 12. The lowest BCUT2D eigenvalue weighted by Gasteiger charge is -2.36. The van der Waals surface area contributed by atoms with Gasteiger partial charge in [-0.05, 0) is 90.3 Å². The van der Waals surface area contributed by atoms with Gasteiger partial charge in [0.05, 0.1) is 25.5 Å². The Labute approximate surface area is 374 Å². The zero-order valence-corrected chi connectivity index (χ0v) is 38.0. The molecule has 16 heteroatoms.